The van der Waals surface area contributed by atoms with Crippen LogP contribution in [0.5, 0.6) is 0 Å². The SMILES string of the molecule is CSCCC(NS(=O)(=O)c1ccccc1F)C(=O)NCc1ccc(N2CCCCCC2)nc1. The predicted octanol–water partition coefficient (Wildman–Crippen LogP) is 3.32. The highest BCUT2D eigenvalue weighted by Gasteiger charge is 2.27. The second-order valence-corrected chi connectivity index (χ2v) is 10.7. The molecule has 0 saturated carbocycles. The van der Waals surface area contributed by atoms with Crippen molar-refractivity contribution < 1.29 is 17.6 Å². The minimum atomic E-state index is -4.18. The van der Waals surface area contributed by atoms with Gasteiger partial charge in [-0.15, -0.1) is 0 Å². The third-order valence-corrected chi connectivity index (χ3v) is 7.71. The van der Waals surface area contributed by atoms with Crippen molar-refractivity contribution in [1.82, 2.24) is 15.0 Å². The number of halogens is 1. The average molecular weight is 495 g/mol. The first-order valence-corrected chi connectivity index (χ1v) is 14.0. The first-order valence-electron chi connectivity index (χ1n) is 11.1. The quantitative estimate of drug-likeness (QED) is 0.527. The molecule has 1 unspecified atom stereocenters. The molecule has 2 aromatic rings. The van der Waals surface area contributed by atoms with E-state index in [1.807, 2.05) is 18.4 Å². The van der Waals surface area contributed by atoms with Crippen LogP contribution in [0.25, 0.3) is 0 Å². The number of nitrogens with one attached hydrogen (secondary N) is 2. The Morgan fingerprint density at radius 1 is 1.15 bits per heavy atom. The van der Waals surface area contributed by atoms with Gasteiger partial charge in [0, 0.05) is 25.8 Å². The van der Waals surface area contributed by atoms with Gasteiger partial charge in [-0.1, -0.05) is 31.0 Å². The summed E-state index contributed by atoms with van der Waals surface area (Å²) >= 11 is 1.50. The molecule has 3 rings (SSSR count). The Labute approximate surface area is 199 Å². The zero-order chi connectivity index (χ0) is 23.7. The lowest BCUT2D eigenvalue weighted by Crippen LogP contribution is -2.46. The van der Waals surface area contributed by atoms with E-state index >= 15 is 0 Å². The Kier molecular flexibility index (Phi) is 9.52. The van der Waals surface area contributed by atoms with Crippen LogP contribution in [0.15, 0.2) is 47.5 Å². The summed E-state index contributed by atoms with van der Waals surface area (Å²) in [7, 11) is -4.18. The lowest BCUT2D eigenvalue weighted by atomic mass is 10.2. The van der Waals surface area contributed by atoms with E-state index in [2.05, 4.69) is 19.9 Å². The largest absolute Gasteiger partial charge is 0.357 e. The number of carbonyl (C=O) groups is 1. The van der Waals surface area contributed by atoms with Gasteiger partial charge in [0.05, 0.1) is 0 Å². The summed E-state index contributed by atoms with van der Waals surface area (Å²) in [6.07, 6.45) is 8.73. The Morgan fingerprint density at radius 3 is 2.52 bits per heavy atom. The van der Waals surface area contributed by atoms with Crippen LogP contribution in [-0.4, -0.2) is 50.4 Å². The van der Waals surface area contributed by atoms with Gasteiger partial charge in [-0.2, -0.15) is 16.5 Å². The van der Waals surface area contributed by atoms with Crippen LogP contribution in [0.1, 0.15) is 37.7 Å². The number of thioether (sulfide) groups is 1. The van der Waals surface area contributed by atoms with Crippen molar-refractivity contribution in [2.45, 2.75) is 49.6 Å². The molecule has 33 heavy (non-hydrogen) atoms. The maximum atomic E-state index is 14.0. The van der Waals surface area contributed by atoms with Gasteiger partial charge in [0.1, 0.15) is 22.6 Å². The van der Waals surface area contributed by atoms with Gasteiger partial charge in [-0.25, -0.2) is 17.8 Å². The molecule has 2 N–H and O–H groups in total. The number of nitrogens with zero attached hydrogens (tertiary/aromatic N) is 2. The summed E-state index contributed by atoms with van der Waals surface area (Å²) in [5, 5.41) is 2.78. The highest BCUT2D eigenvalue weighted by atomic mass is 32.2. The molecule has 0 spiro atoms. The molecule has 1 atom stereocenters. The number of benzene rings is 1. The van der Waals surface area contributed by atoms with Crippen LogP contribution in [0, 0.1) is 5.82 Å². The Bertz CT molecular complexity index is 1010. The van der Waals surface area contributed by atoms with E-state index in [1.165, 1.54) is 55.6 Å². The third-order valence-electron chi connectivity index (χ3n) is 5.56. The van der Waals surface area contributed by atoms with Crippen molar-refractivity contribution >= 4 is 33.5 Å². The normalized spacial score (nSPS) is 15.6. The predicted molar refractivity (Wildman–Crippen MR) is 130 cm³/mol. The van der Waals surface area contributed by atoms with Crippen molar-refractivity contribution in [1.29, 1.82) is 0 Å². The summed E-state index contributed by atoms with van der Waals surface area (Å²) in [5.74, 6) is 0.192. The van der Waals surface area contributed by atoms with Crippen molar-refractivity contribution in [2.24, 2.45) is 0 Å². The molecule has 1 saturated heterocycles. The number of sulfonamides is 1. The van der Waals surface area contributed by atoms with E-state index in [0.29, 0.717) is 5.75 Å². The fourth-order valence-electron chi connectivity index (χ4n) is 3.71. The summed E-state index contributed by atoms with van der Waals surface area (Å²) in [6, 6.07) is 7.99. The summed E-state index contributed by atoms with van der Waals surface area (Å²) in [6.45, 7) is 2.23. The summed E-state index contributed by atoms with van der Waals surface area (Å²) in [5.41, 5.74) is 0.822. The molecule has 0 aliphatic carbocycles. The molecule has 1 amide bonds. The van der Waals surface area contributed by atoms with Crippen molar-refractivity contribution in [3.8, 4) is 0 Å². The number of carbonyl (C=O) groups excluding carboxylic acids is 1. The smallest absolute Gasteiger partial charge is 0.244 e. The fourth-order valence-corrected chi connectivity index (χ4v) is 5.49. The van der Waals surface area contributed by atoms with Gasteiger partial charge in [-0.3, -0.25) is 4.79 Å². The minimum Gasteiger partial charge on any atom is -0.357 e. The van der Waals surface area contributed by atoms with Crippen molar-refractivity contribution in [2.75, 3.05) is 30.0 Å². The van der Waals surface area contributed by atoms with Crippen LogP contribution < -0.4 is 14.9 Å². The van der Waals surface area contributed by atoms with E-state index < -0.39 is 32.7 Å². The van der Waals surface area contributed by atoms with E-state index in [9.17, 15) is 17.6 Å². The molecule has 1 aromatic heterocycles. The molecule has 10 heteroatoms. The van der Waals surface area contributed by atoms with Gasteiger partial charge in [0.15, 0.2) is 0 Å². The van der Waals surface area contributed by atoms with Gasteiger partial charge in [-0.05, 0) is 55.0 Å². The lowest BCUT2D eigenvalue weighted by Gasteiger charge is -2.21. The maximum Gasteiger partial charge on any atom is 0.244 e. The van der Waals surface area contributed by atoms with Crippen LogP contribution in [0.2, 0.25) is 0 Å². The molecule has 0 radical (unpaired) electrons. The monoisotopic (exact) mass is 494 g/mol. The molecule has 180 valence electrons. The standard InChI is InChI=1S/C23H31FN4O3S2/c1-32-15-12-20(27-33(30,31)21-9-5-4-8-19(21)24)23(29)26-17-18-10-11-22(25-16-18)28-13-6-2-3-7-14-28/h4-5,8-11,16,20,27H,2-3,6-7,12-15,17H2,1H3,(H,26,29). The van der Waals surface area contributed by atoms with Gasteiger partial charge < -0.3 is 10.2 Å². The Balaban J connectivity index is 1.62. The summed E-state index contributed by atoms with van der Waals surface area (Å²) in [4.78, 5) is 19.2. The minimum absolute atomic E-state index is 0.226. The molecule has 0 bridgehead atoms. The van der Waals surface area contributed by atoms with E-state index in [0.717, 1.165) is 30.5 Å². The number of anilines is 1. The zero-order valence-corrected chi connectivity index (χ0v) is 20.4. The first kappa shape index (κ1) is 25.5. The molecule has 1 fully saturated rings. The molecular formula is C23H31FN4O3S2. The molecule has 1 aromatic carbocycles. The molecule has 2 heterocycles. The number of amides is 1. The Morgan fingerprint density at radius 2 is 1.88 bits per heavy atom. The first-order chi connectivity index (χ1) is 15.9. The van der Waals surface area contributed by atoms with E-state index in [1.54, 1.807) is 6.20 Å². The number of rotatable bonds is 10. The molecule has 1 aliphatic heterocycles. The highest BCUT2D eigenvalue weighted by molar-refractivity contribution is 7.98. The fraction of sp³-hybridized carbons (Fsp3) is 0.478. The van der Waals surface area contributed by atoms with E-state index in [4.69, 9.17) is 0 Å². The third kappa shape index (κ3) is 7.41. The topological polar surface area (TPSA) is 91.4 Å². The maximum absolute atomic E-state index is 14.0. The second kappa shape index (κ2) is 12.3. The highest BCUT2D eigenvalue weighted by Crippen LogP contribution is 2.18. The molecular weight excluding hydrogens is 463 g/mol. The van der Waals surface area contributed by atoms with E-state index in [-0.39, 0.29) is 13.0 Å². The number of hydrogen-bond donors (Lipinski definition) is 2. The van der Waals surface area contributed by atoms with Gasteiger partial charge >= 0.3 is 0 Å². The van der Waals surface area contributed by atoms with Gasteiger partial charge in [0.2, 0.25) is 15.9 Å². The summed E-state index contributed by atoms with van der Waals surface area (Å²) < 4.78 is 41.7. The molecule has 1 aliphatic rings. The Hall–Kier alpha value is -2.17. The number of pyridine rings is 1. The lowest BCUT2D eigenvalue weighted by molar-refractivity contribution is -0.122. The average Bonchev–Trinajstić information content (AvgIpc) is 3.10. The van der Waals surface area contributed by atoms with Crippen molar-refractivity contribution in [3.05, 3.63) is 54.0 Å². The van der Waals surface area contributed by atoms with Crippen LogP contribution >= 0.6 is 11.8 Å². The second-order valence-electron chi connectivity index (χ2n) is 8.03. The van der Waals surface area contributed by atoms with Crippen LogP contribution in [0.4, 0.5) is 10.2 Å². The van der Waals surface area contributed by atoms with Gasteiger partial charge in [0.25, 0.3) is 0 Å². The molecule has 7 nitrogen and oxygen atoms in total. The van der Waals surface area contributed by atoms with Crippen molar-refractivity contribution in [3.63, 3.8) is 0 Å². The number of hydrogen-bond acceptors (Lipinski definition) is 6. The van der Waals surface area contributed by atoms with Crippen LogP contribution in [-0.2, 0) is 21.4 Å². The number of aromatic nitrogens is 1. The zero-order valence-electron chi connectivity index (χ0n) is 18.8. The van der Waals surface area contributed by atoms with Crippen LogP contribution in [0.3, 0.4) is 0 Å².